The number of rotatable bonds is 7. The van der Waals surface area contributed by atoms with Crippen LogP contribution in [0.3, 0.4) is 0 Å². The van der Waals surface area contributed by atoms with E-state index in [-0.39, 0.29) is 23.1 Å². The van der Waals surface area contributed by atoms with E-state index in [9.17, 15) is 18.0 Å². The molecular weight excluding hydrogens is 464 g/mol. The number of likely N-dealkylation sites (tertiary alicyclic amines) is 1. The van der Waals surface area contributed by atoms with Gasteiger partial charge in [-0.2, -0.15) is 0 Å². The predicted molar refractivity (Wildman–Crippen MR) is 137 cm³/mol. The lowest BCUT2D eigenvalue weighted by atomic mass is 10.1. The van der Waals surface area contributed by atoms with E-state index in [1.165, 1.54) is 17.7 Å². The number of anilines is 1. The van der Waals surface area contributed by atoms with Gasteiger partial charge in [-0.1, -0.05) is 11.6 Å². The van der Waals surface area contributed by atoms with Gasteiger partial charge in [-0.25, -0.2) is 13.1 Å². The molecule has 2 heterocycles. The Morgan fingerprint density at radius 1 is 1.14 bits per heavy atom. The number of hydrogen-bond acceptors (Lipinski definition) is 4. The Kier molecular flexibility index (Phi) is 6.75. The first-order valence-corrected chi connectivity index (χ1v) is 13.2. The fourth-order valence-electron chi connectivity index (χ4n) is 4.34. The standard InChI is InChI=1S/C26H32N4O4S/c1-17-5-10-23-22(13-17)18(15-27-23)11-12-30-16-19(14-24(30)31)25(32)28-20-6-8-21(9-7-20)35(33,34)29-26(2,3)4/h5-10,13,15,19,27,29H,11-12,14,16H2,1-4H3,(H,28,32)/t19-/m1/s1. The maximum atomic E-state index is 12.8. The number of fused-ring (bicyclic) bond motifs is 1. The lowest BCUT2D eigenvalue weighted by Crippen LogP contribution is -2.40. The summed E-state index contributed by atoms with van der Waals surface area (Å²) in [5, 5.41) is 3.98. The van der Waals surface area contributed by atoms with Crippen molar-refractivity contribution in [1.82, 2.24) is 14.6 Å². The van der Waals surface area contributed by atoms with Crippen molar-refractivity contribution in [2.45, 2.75) is 51.0 Å². The maximum Gasteiger partial charge on any atom is 0.241 e. The number of carbonyl (C=O) groups excluding carboxylic acids is 2. The highest BCUT2D eigenvalue weighted by molar-refractivity contribution is 7.89. The number of aromatic amines is 1. The van der Waals surface area contributed by atoms with Crippen molar-refractivity contribution in [3.63, 3.8) is 0 Å². The summed E-state index contributed by atoms with van der Waals surface area (Å²) in [6.07, 6.45) is 2.86. The molecule has 2 amide bonds. The molecule has 0 aliphatic carbocycles. The Bertz CT molecular complexity index is 1350. The van der Waals surface area contributed by atoms with Crippen molar-refractivity contribution in [1.29, 1.82) is 0 Å². The third-order valence-electron chi connectivity index (χ3n) is 6.03. The summed E-state index contributed by atoms with van der Waals surface area (Å²) in [5.41, 5.74) is 3.30. The summed E-state index contributed by atoms with van der Waals surface area (Å²) < 4.78 is 27.5. The monoisotopic (exact) mass is 496 g/mol. The number of nitrogens with zero attached hydrogens (tertiary/aromatic N) is 1. The molecule has 1 aliphatic heterocycles. The number of nitrogens with one attached hydrogen (secondary N) is 3. The third-order valence-corrected chi connectivity index (χ3v) is 7.81. The summed E-state index contributed by atoms with van der Waals surface area (Å²) >= 11 is 0. The molecule has 3 aromatic rings. The second kappa shape index (κ2) is 9.47. The molecule has 1 saturated heterocycles. The van der Waals surface area contributed by atoms with Gasteiger partial charge in [-0.15, -0.1) is 0 Å². The third kappa shape index (κ3) is 5.91. The first kappa shape index (κ1) is 24.9. The van der Waals surface area contributed by atoms with E-state index in [1.54, 1.807) is 37.8 Å². The van der Waals surface area contributed by atoms with Crippen molar-refractivity contribution >= 4 is 38.4 Å². The molecular formula is C26H32N4O4S. The SMILES string of the molecule is Cc1ccc2[nH]cc(CCN3C[C@H](C(=O)Nc4ccc(S(=O)(=O)NC(C)(C)C)cc4)CC3=O)c2c1. The molecule has 1 atom stereocenters. The second-order valence-electron chi connectivity index (χ2n) is 10.2. The molecule has 2 aromatic carbocycles. The van der Waals surface area contributed by atoms with Gasteiger partial charge in [0.15, 0.2) is 0 Å². The Hall–Kier alpha value is -3.17. The summed E-state index contributed by atoms with van der Waals surface area (Å²) in [7, 11) is -3.65. The lowest BCUT2D eigenvalue weighted by molar-refractivity contribution is -0.128. The Labute approximate surface area is 206 Å². The van der Waals surface area contributed by atoms with Crippen molar-refractivity contribution < 1.29 is 18.0 Å². The lowest BCUT2D eigenvalue weighted by Gasteiger charge is -2.20. The molecule has 186 valence electrons. The zero-order chi connectivity index (χ0) is 25.4. The number of H-pyrrole nitrogens is 1. The maximum absolute atomic E-state index is 12.8. The van der Waals surface area contributed by atoms with E-state index >= 15 is 0 Å². The molecule has 3 N–H and O–H groups in total. The Balaban J connectivity index is 1.34. The molecule has 0 spiro atoms. The van der Waals surface area contributed by atoms with Gasteiger partial charge in [0.1, 0.15) is 0 Å². The van der Waals surface area contributed by atoms with Gasteiger partial charge in [0.25, 0.3) is 0 Å². The molecule has 1 fully saturated rings. The topological polar surface area (TPSA) is 111 Å². The van der Waals surface area contributed by atoms with Gasteiger partial charge in [-0.05, 0) is 76.1 Å². The zero-order valence-corrected chi connectivity index (χ0v) is 21.3. The number of sulfonamides is 1. The van der Waals surface area contributed by atoms with Crippen LogP contribution in [-0.2, 0) is 26.0 Å². The number of hydrogen-bond donors (Lipinski definition) is 3. The smallest absolute Gasteiger partial charge is 0.241 e. The van der Waals surface area contributed by atoms with E-state index in [0.717, 1.165) is 16.5 Å². The Morgan fingerprint density at radius 2 is 1.86 bits per heavy atom. The van der Waals surface area contributed by atoms with Crippen LogP contribution in [0.2, 0.25) is 0 Å². The zero-order valence-electron chi connectivity index (χ0n) is 20.5. The summed E-state index contributed by atoms with van der Waals surface area (Å²) in [5.74, 6) is -0.721. The second-order valence-corrected chi connectivity index (χ2v) is 11.9. The highest BCUT2D eigenvalue weighted by atomic mass is 32.2. The van der Waals surface area contributed by atoms with Gasteiger partial charge in [0.2, 0.25) is 21.8 Å². The van der Waals surface area contributed by atoms with Crippen LogP contribution in [0.5, 0.6) is 0 Å². The average molecular weight is 497 g/mol. The molecule has 8 nitrogen and oxygen atoms in total. The number of benzene rings is 2. The van der Waals surface area contributed by atoms with Crippen LogP contribution < -0.4 is 10.0 Å². The minimum Gasteiger partial charge on any atom is -0.361 e. The number of aryl methyl sites for hydroxylation is 1. The minimum absolute atomic E-state index is 0.0316. The molecule has 4 rings (SSSR count). The fraction of sp³-hybridized carbons (Fsp3) is 0.385. The summed E-state index contributed by atoms with van der Waals surface area (Å²) in [6, 6.07) is 12.3. The van der Waals surface area contributed by atoms with Crippen molar-refractivity contribution in [2.24, 2.45) is 5.92 Å². The van der Waals surface area contributed by atoms with E-state index < -0.39 is 21.5 Å². The van der Waals surface area contributed by atoms with Crippen LogP contribution in [0.4, 0.5) is 5.69 Å². The Morgan fingerprint density at radius 3 is 2.54 bits per heavy atom. The van der Waals surface area contributed by atoms with Crippen LogP contribution in [0, 0.1) is 12.8 Å². The van der Waals surface area contributed by atoms with Gasteiger partial charge in [-0.3, -0.25) is 9.59 Å². The molecule has 0 bridgehead atoms. The van der Waals surface area contributed by atoms with Crippen LogP contribution in [0.1, 0.15) is 38.3 Å². The van der Waals surface area contributed by atoms with Crippen LogP contribution >= 0.6 is 0 Å². The van der Waals surface area contributed by atoms with Crippen LogP contribution in [0.25, 0.3) is 10.9 Å². The normalized spacial score (nSPS) is 16.7. The van der Waals surface area contributed by atoms with Gasteiger partial charge in [0.05, 0.1) is 10.8 Å². The number of amides is 2. The number of carbonyl (C=O) groups is 2. The van der Waals surface area contributed by atoms with Crippen molar-refractivity contribution in [3.8, 4) is 0 Å². The quantitative estimate of drug-likeness (QED) is 0.464. The van der Waals surface area contributed by atoms with E-state index in [2.05, 4.69) is 40.1 Å². The van der Waals surface area contributed by atoms with Crippen LogP contribution in [0.15, 0.2) is 53.6 Å². The van der Waals surface area contributed by atoms with Crippen LogP contribution in [-0.4, -0.2) is 48.7 Å². The van der Waals surface area contributed by atoms with E-state index in [0.29, 0.717) is 25.2 Å². The summed E-state index contributed by atoms with van der Waals surface area (Å²) in [6.45, 7) is 8.29. The average Bonchev–Trinajstić information content (AvgIpc) is 3.33. The van der Waals surface area contributed by atoms with E-state index in [1.807, 2.05) is 6.20 Å². The first-order chi connectivity index (χ1) is 16.4. The van der Waals surface area contributed by atoms with Gasteiger partial charge < -0.3 is 15.2 Å². The minimum atomic E-state index is -3.65. The van der Waals surface area contributed by atoms with Crippen molar-refractivity contribution in [2.75, 3.05) is 18.4 Å². The molecule has 1 aromatic heterocycles. The highest BCUT2D eigenvalue weighted by Gasteiger charge is 2.34. The number of aromatic nitrogens is 1. The van der Waals surface area contributed by atoms with Gasteiger partial charge >= 0.3 is 0 Å². The van der Waals surface area contributed by atoms with E-state index in [4.69, 9.17) is 0 Å². The fourth-order valence-corrected chi connectivity index (χ4v) is 5.76. The van der Waals surface area contributed by atoms with Crippen molar-refractivity contribution in [3.05, 3.63) is 59.8 Å². The molecule has 35 heavy (non-hydrogen) atoms. The molecule has 0 unspecified atom stereocenters. The first-order valence-electron chi connectivity index (χ1n) is 11.7. The molecule has 9 heteroatoms. The largest absolute Gasteiger partial charge is 0.361 e. The molecule has 1 aliphatic rings. The highest BCUT2D eigenvalue weighted by Crippen LogP contribution is 2.24. The molecule has 0 radical (unpaired) electrons. The molecule has 0 saturated carbocycles. The van der Waals surface area contributed by atoms with Gasteiger partial charge in [0, 0.05) is 47.8 Å². The predicted octanol–water partition coefficient (Wildman–Crippen LogP) is 3.58. The summed E-state index contributed by atoms with van der Waals surface area (Å²) in [4.78, 5) is 30.5.